The van der Waals surface area contributed by atoms with E-state index < -0.39 is 0 Å². The van der Waals surface area contributed by atoms with Crippen LogP contribution in [0.1, 0.15) is 80.8 Å². The molecule has 3 fully saturated rings. The van der Waals surface area contributed by atoms with Crippen molar-refractivity contribution in [3.8, 4) is 0 Å². The lowest BCUT2D eigenvalue weighted by Crippen LogP contribution is -2.40. The maximum atomic E-state index is 13.2. The van der Waals surface area contributed by atoms with Gasteiger partial charge in [-0.05, 0) is 50.4 Å². The van der Waals surface area contributed by atoms with Gasteiger partial charge in [-0.1, -0.05) is 13.8 Å². The number of nitrogens with zero attached hydrogens (tertiary/aromatic N) is 4. The fourth-order valence-electron chi connectivity index (χ4n) is 4.69. The van der Waals surface area contributed by atoms with E-state index in [2.05, 4.69) is 23.6 Å². The SMILES string of the molecule is CC(C)Cn1ncc(C(=O)N2CCC(CC(=O)N3CCCC3)CC2)c1C1CC1. The number of amides is 2. The largest absolute Gasteiger partial charge is 0.343 e. The zero-order valence-corrected chi connectivity index (χ0v) is 17.4. The molecule has 4 rings (SSSR count). The molecule has 1 saturated carbocycles. The van der Waals surface area contributed by atoms with E-state index in [1.165, 1.54) is 12.8 Å². The first-order valence-corrected chi connectivity index (χ1v) is 11.2. The summed E-state index contributed by atoms with van der Waals surface area (Å²) in [4.78, 5) is 29.6. The molecule has 1 aromatic rings. The molecule has 0 atom stereocenters. The predicted molar refractivity (Wildman–Crippen MR) is 108 cm³/mol. The Labute approximate surface area is 168 Å². The smallest absolute Gasteiger partial charge is 0.257 e. The van der Waals surface area contributed by atoms with Crippen molar-refractivity contribution < 1.29 is 9.59 Å². The molecular weight excluding hydrogens is 352 g/mol. The van der Waals surface area contributed by atoms with E-state index in [1.807, 2.05) is 9.80 Å². The van der Waals surface area contributed by atoms with Crippen molar-refractivity contribution in [1.29, 1.82) is 0 Å². The number of aromatic nitrogens is 2. The van der Waals surface area contributed by atoms with Crippen molar-refractivity contribution in [1.82, 2.24) is 19.6 Å². The van der Waals surface area contributed by atoms with Gasteiger partial charge in [0.1, 0.15) is 0 Å². The molecule has 0 unspecified atom stereocenters. The van der Waals surface area contributed by atoms with Crippen LogP contribution in [0.2, 0.25) is 0 Å². The summed E-state index contributed by atoms with van der Waals surface area (Å²) in [6.07, 6.45) is 8.95. The normalized spacial score (nSPS) is 21.0. The van der Waals surface area contributed by atoms with Crippen LogP contribution < -0.4 is 0 Å². The second-order valence-electron chi connectivity index (χ2n) is 9.32. The summed E-state index contributed by atoms with van der Waals surface area (Å²) in [5, 5.41) is 4.55. The summed E-state index contributed by atoms with van der Waals surface area (Å²) < 4.78 is 2.07. The topological polar surface area (TPSA) is 58.4 Å². The van der Waals surface area contributed by atoms with E-state index in [-0.39, 0.29) is 5.91 Å². The Morgan fingerprint density at radius 3 is 2.32 bits per heavy atom. The molecule has 3 heterocycles. The Morgan fingerprint density at radius 2 is 1.71 bits per heavy atom. The van der Waals surface area contributed by atoms with E-state index >= 15 is 0 Å². The second-order valence-corrected chi connectivity index (χ2v) is 9.32. The standard InChI is InChI=1S/C22H34N4O2/c1-16(2)15-26-21(18-5-6-18)19(14-23-26)22(28)25-11-7-17(8-12-25)13-20(27)24-9-3-4-10-24/h14,16-18H,3-13,15H2,1-2H3. The first-order chi connectivity index (χ1) is 13.5. The Morgan fingerprint density at radius 1 is 1.04 bits per heavy atom. The first kappa shape index (κ1) is 19.5. The third-order valence-electron chi connectivity index (χ3n) is 6.44. The maximum absolute atomic E-state index is 13.2. The molecule has 3 aliphatic rings. The molecule has 0 aromatic carbocycles. The van der Waals surface area contributed by atoms with Gasteiger partial charge in [0, 0.05) is 45.1 Å². The van der Waals surface area contributed by atoms with Crippen LogP contribution in [0.25, 0.3) is 0 Å². The molecule has 0 radical (unpaired) electrons. The summed E-state index contributed by atoms with van der Waals surface area (Å²) in [6.45, 7) is 8.63. The molecule has 0 N–H and O–H groups in total. The number of carbonyl (C=O) groups excluding carboxylic acids is 2. The van der Waals surface area contributed by atoms with Crippen LogP contribution in [-0.2, 0) is 11.3 Å². The number of piperidine rings is 1. The summed E-state index contributed by atoms with van der Waals surface area (Å²) in [5.41, 5.74) is 1.97. The highest BCUT2D eigenvalue weighted by molar-refractivity contribution is 5.95. The zero-order valence-electron chi connectivity index (χ0n) is 17.4. The molecule has 1 aliphatic carbocycles. The van der Waals surface area contributed by atoms with Gasteiger partial charge < -0.3 is 9.80 Å². The number of carbonyl (C=O) groups is 2. The van der Waals surface area contributed by atoms with Crippen LogP contribution in [0.3, 0.4) is 0 Å². The van der Waals surface area contributed by atoms with Gasteiger partial charge in [-0.2, -0.15) is 5.10 Å². The average Bonchev–Trinajstić information content (AvgIpc) is 3.19. The van der Waals surface area contributed by atoms with Gasteiger partial charge in [0.15, 0.2) is 0 Å². The molecule has 0 bridgehead atoms. The highest BCUT2D eigenvalue weighted by atomic mass is 16.2. The van der Waals surface area contributed by atoms with E-state index in [1.54, 1.807) is 6.20 Å². The monoisotopic (exact) mass is 386 g/mol. The minimum atomic E-state index is 0.140. The molecule has 6 heteroatoms. The van der Waals surface area contributed by atoms with E-state index in [0.29, 0.717) is 30.1 Å². The molecule has 154 valence electrons. The lowest BCUT2D eigenvalue weighted by Gasteiger charge is -2.32. The van der Waals surface area contributed by atoms with Gasteiger partial charge in [-0.3, -0.25) is 14.3 Å². The molecule has 1 aromatic heterocycles. The number of hydrogen-bond donors (Lipinski definition) is 0. The van der Waals surface area contributed by atoms with Gasteiger partial charge in [-0.15, -0.1) is 0 Å². The Balaban J connectivity index is 1.35. The zero-order chi connectivity index (χ0) is 19.7. The van der Waals surface area contributed by atoms with Crippen LogP contribution in [0, 0.1) is 11.8 Å². The highest BCUT2D eigenvalue weighted by Crippen LogP contribution is 2.42. The summed E-state index contributed by atoms with van der Waals surface area (Å²) in [5.74, 6) is 1.90. The van der Waals surface area contributed by atoms with Gasteiger partial charge in [-0.25, -0.2) is 0 Å². The lowest BCUT2D eigenvalue weighted by molar-refractivity contribution is -0.131. The Hall–Kier alpha value is -1.85. The number of hydrogen-bond acceptors (Lipinski definition) is 3. The quantitative estimate of drug-likeness (QED) is 0.754. The van der Waals surface area contributed by atoms with Crippen LogP contribution in [0.5, 0.6) is 0 Å². The molecule has 2 saturated heterocycles. The molecular formula is C22H34N4O2. The summed E-state index contributed by atoms with van der Waals surface area (Å²) >= 11 is 0. The van der Waals surface area contributed by atoms with Crippen molar-refractivity contribution in [3.63, 3.8) is 0 Å². The van der Waals surface area contributed by atoms with Gasteiger partial charge >= 0.3 is 0 Å². The van der Waals surface area contributed by atoms with Gasteiger partial charge in [0.2, 0.25) is 5.91 Å². The molecule has 28 heavy (non-hydrogen) atoms. The minimum absolute atomic E-state index is 0.140. The number of rotatable bonds is 6. The van der Waals surface area contributed by atoms with Crippen LogP contribution in [0.4, 0.5) is 0 Å². The van der Waals surface area contributed by atoms with Gasteiger partial charge in [0.25, 0.3) is 5.91 Å². The van der Waals surface area contributed by atoms with Crippen molar-refractivity contribution in [3.05, 3.63) is 17.5 Å². The average molecular weight is 387 g/mol. The minimum Gasteiger partial charge on any atom is -0.343 e. The highest BCUT2D eigenvalue weighted by Gasteiger charge is 2.35. The van der Waals surface area contributed by atoms with E-state index in [0.717, 1.165) is 69.7 Å². The van der Waals surface area contributed by atoms with Gasteiger partial charge in [0.05, 0.1) is 17.5 Å². The van der Waals surface area contributed by atoms with E-state index in [9.17, 15) is 9.59 Å². The lowest BCUT2D eigenvalue weighted by atomic mass is 9.92. The predicted octanol–water partition coefficient (Wildman–Crippen LogP) is 3.28. The van der Waals surface area contributed by atoms with Crippen LogP contribution >= 0.6 is 0 Å². The third-order valence-corrected chi connectivity index (χ3v) is 6.44. The van der Waals surface area contributed by atoms with Crippen molar-refractivity contribution in [2.45, 2.75) is 71.3 Å². The van der Waals surface area contributed by atoms with Crippen molar-refractivity contribution >= 4 is 11.8 Å². The van der Waals surface area contributed by atoms with Crippen molar-refractivity contribution in [2.24, 2.45) is 11.8 Å². The molecule has 2 amide bonds. The Bertz CT molecular complexity index is 708. The molecule has 2 aliphatic heterocycles. The summed E-state index contributed by atoms with van der Waals surface area (Å²) in [6, 6.07) is 0. The Kier molecular flexibility index (Phi) is 5.74. The van der Waals surface area contributed by atoms with Crippen LogP contribution in [-0.4, -0.2) is 57.6 Å². The third kappa shape index (κ3) is 4.26. The summed E-state index contributed by atoms with van der Waals surface area (Å²) in [7, 11) is 0. The van der Waals surface area contributed by atoms with Crippen LogP contribution in [0.15, 0.2) is 6.20 Å². The van der Waals surface area contributed by atoms with E-state index in [4.69, 9.17) is 0 Å². The number of likely N-dealkylation sites (tertiary alicyclic amines) is 2. The fraction of sp³-hybridized carbons (Fsp3) is 0.773. The molecule has 0 spiro atoms. The fourth-order valence-corrected chi connectivity index (χ4v) is 4.69. The maximum Gasteiger partial charge on any atom is 0.257 e. The first-order valence-electron chi connectivity index (χ1n) is 11.2. The molecule has 6 nitrogen and oxygen atoms in total. The second kappa shape index (κ2) is 8.26. The van der Waals surface area contributed by atoms with Crippen molar-refractivity contribution in [2.75, 3.05) is 26.2 Å².